The summed E-state index contributed by atoms with van der Waals surface area (Å²) in [5.74, 6) is 0. The van der Waals surface area contributed by atoms with Gasteiger partial charge in [-0.15, -0.1) is 0 Å². The molecule has 0 N–H and O–H groups in total. The Morgan fingerprint density at radius 1 is 1.03 bits per heavy atom. The highest BCUT2D eigenvalue weighted by molar-refractivity contribution is 6.00. The summed E-state index contributed by atoms with van der Waals surface area (Å²) in [5.41, 5.74) is 8.77. The van der Waals surface area contributed by atoms with E-state index in [0.29, 0.717) is 6.61 Å². The summed E-state index contributed by atoms with van der Waals surface area (Å²) in [4.78, 5) is 20.1. The van der Waals surface area contributed by atoms with Crippen molar-refractivity contribution in [1.29, 1.82) is 0 Å². The van der Waals surface area contributed by atoms with Crippen molar-refractivity contribution in [3.8, 4) is 0 Å². The van der Waals surface area contributed by atoms with Gasteiger partial charge in [-0.2, -0.15) is 0 Å². The third-order valence-electron chi connectivity index (χ3n) is 5.76. The maximum Gasteiger partial charge on any atom is 0.117 e. The number of hydrogen-bond donors (Lipinski definition) is 0. The molecule has 30 heavy (non-hydrogen) atoms. The topological polar surface area (TPSA) is 69.0 Å². The molecule has 0 aromatic carbocycles. The van der Waals surface area contributed by atoms with E-state index in [0.717, 1.165) is 67.0 Å². The molecule has 2 aliphatic carbocycles. The molecule has 4 rings (SSSR count). The fraction of sp³-hybridized carbons (Fsp3) is 0.500. The van der Waals surface area contributed by atoms with Crippen LogP contribution in [0.2, 0.25) is 0 Å². The average Bonchev–Trinajstić information content (AvgIpc) is 2.78. The Hall–Kier alpha value is -2.76. The molecule has 0 spiro atoms. The molecule has 0 radical (unpaired) electrons. The SMILES string of the molecule is CON=C(C)c1cccc(CCCON=C2CCCc3cc4c(nc32)CCCC4)n1. The minimum atomic E-state index is 0.570. The number of fused-ring (bicyclic) bond motifs is 2. The van der Waals surface area contributed by atoms with Crippen molar-refractivity contribution in [2.75, 3.05) is 13.7 Å². The van der Waals surface area contributed by atoms with Crippen LogP contribution in [0.3, 0.4) is 0 Å². The lowest BCUT2D eigenvalue weighted by Crippen LogP contribution is -2.18. The van der Waals surface area contributed by atoms with Crippen LogP contribution in [-0.2, 0) is 35.4 Å². The fourth-order valence-electron chi connectivity index (χ4n) is 4.22. The molecule has 0 bridgehead atoms. The molecular formula is C24H30N4O2. The normalized spacial score (nSPS) is 17.4. The maximum atomic E-state index is 5.69. The average molecular weight is 407 g/mol. The summed E-state index contributed by atoms with van der Waals surface area (Å²) in [6.45, 7) is 2.46. The highest BCUT2D eigenvalue weighted by Crippen LogP contribution is 2.27. The van der Waals surface area contributed by atoms with Crippen molar-refractivity contribution in [3.05, 3.63) is 58.2 Å². The molecule has 6 heteroatoms. The van der Waals surface area contributed by atoms with Gasteiger partial charge in [0.25, 0.3) is 0 Å². The Kier molecular flexibility index (Phi) is 6.72. The summed E-state index contributed by atoms with van der Waals surface area (Å²) in [5, 5.41) is 8.42. The van der Waals surface area contributed by atoms with E-state index in [1.807, 2.05) is 25.1 Å². The lowest BCUT2D eigenvalue weighted by atomic mass is 9.88. The smallest absolute Gasteiger partial charge is 0.117 e. The van der Waals surface area contributed by atoms with Crippen molar-refractivity contribution < 1.29 is 9.68 Å². The van der Waals surface area contributed by atoms with Gasteiger partial charge in [0.15, 0.2) is 0 Å². The molecule has 158 valence electrons. The van der Waals surface area contributed by atoms with E-state index < -0.39 is 0 Å². The summed E-state index contributed by atoms with van der Waals surface area (Å²) < 4.78 is 0. The van der Waals surface area contributed by atoms with E-state index >= 15 is 0 Å². The number of pyridine rings is 2. The monoisotopic (exact) mass is 406 g/mol. The Bertz CT molecular complexity index is 952. The molecule has 0 saturated carbocycles. The van der Waals surface area contributed by atoms with Gasteiger partial charge in [0.1, 0.15) is 25.1 Å². The second kappa shape index (κ2) is 9.83. The number of hydrogen-bond acceptors (Lipinski definition) is 6. The fourth-order valence-corrected chi connectivity index (χ4v) is 4.22. The van der Waals surface area contributed by atoms with Gasteiger partial charge in [0.05, 0.1) is 11.4 Å². The Morgan fingerprint density at radius 2 is 1.90 bits per heavy atom. The Labute approximate surface area is 178 Å². The first-order valence-corrected chi connectivity index (χ1v) is 11.0. The molecule has 2 aromatic heterocycles. The third-order valence-corrected chi connectivity index (χ3v) is 5.76. The molecule has 0 unspecified atom stereocenters. The lowest BCUT2D eigenvalue weighted by Gasteiger charge is -2.22. The number of rotatable bonds is 7. The quantitative estimate of drug-likeness (QED) is 0.388. The van der Waals surface area contributed by atoms with Crippen LogP contribution in [0.1, 0.15) is 72.9 Å². The van der Waals surface area contributed by atoms with E-state index in [1.54, 1.807) is 7.11 Å². The molecule has 0 saturated heterocycles. The first-order chi connectivity index (χ1) is 14.7. The first-order valence-electron chi connectivity index (χ1n) is 11.0. The molecule has 0 fully saturated rings. The van der Waals surface area contributed by atoms with Crippen LogP contribution in [-0.4, -0.2) is 35.1 Å². The second-order valence-electron chi connectivity index (χ2n) is 8.01. The lowest BCUT2D eigenvalue weighted by molar-refractivity contribution is 0.141. The molecule has 0 aliphatic heterocycles. The van der Waals surface area contributed by atoms with Crippen molar-refractivity contribution in [1.82, 2.24) is 9.97 Å². The van der Waals surface area contributed by atoms with Crippen molar-refractivity contribution in [2.24, 2.45) is 10.3 Å². The molecule has 2 aromatic rings. The van der Waals surface area contributed by atoms with Gasteiger partial charge in [0, 0.05) is 11.4 Å². The summed E-state index contributed by atoms with van der Waals surface area (Å²) in [6, 6.07) is 8.34. The van der Waals surface area contributed by atoms with Crippen LogP contribution in [0.25, 0.3) is 0 Å². The van der Waals surface area contributed by atoms with Gasteiger partial charge in [-0.3, -0.25) is 9.97 Å². The minimum Gasteiger partial charge on any atom is -0.399 e. The molecule has 6 nitrogen and oxygen atoms in total. The minimum absolute atomic E-state index is 0.570. The largest absolute Gasteiger partial charge is 0.399 e. The molecule has 2 aliphatic rings. The van der Waals surface area contributed by atoms with Gasteiger partial charge >= 0.3 is 0 Å². The van der Waals surface area contributed by atoms with E-state index in [1.165, 1.54) is 36.1 Å². The van der Waals surface area contributed by atoms with Crippen molar-refractivity contribution in [3.63, 3.8) is 0 Å². The third kappa shape index (κ3) is 4.86. The van der Waals surface area contributed by atoms with Crippen LogP contribution in [0.15, 0.2) is 34.6 Å². The molecule has 2 heterocycles. The Morgan fingerprint density at radius 3 is 2.80 bits per heavy atom. The van der Waals surface area contributed by atoms with E-state index in [2.05, 4.69) is 21.4 Å². The van der Waals surface area contributed by atoms with Crippen LogP contribution < -0.4 is 0 Å². The standard InChI is InChI=1S/C24H30N4O2/c1-17(27-29-2)21-13-6-10-20(25-21)11-7-15-30-28-23-14-5-9-19-16-18-8-3-4-12-22(18)26-24(19)23/h6,10,13,16H,3-5,7-9,11-12,14-15H2,1-2H3. The van der Waals surface area contributed by atoms with E-state index in [9.17, 15) is 0 Å². The number of oxime groups is 2. The molecule has 0 amide bonds. The van der Waals surface area contributed by atoms with Crippen molar-refractivity contribution >= 4 is 11.4 Å². The maximum absolute atomic E-state index is 5.69. The summed E-state index contributed by atoms with van der Waals surface area (Å²) in [7, 11) is 1.54. The van der Waals surface area contributed by atoms with E-state index in [4.69, 9.17) is 14.7 Å². The second-order valence-corrected chi connectivity index (χ2v) is 8.01. The Balaban J connectivity index is 1.34. The van der Waals surface area contributed by atoms with Crippen molar-refractivity contribution in [2.45, 2.75) is 64.7 Å². The zero-order valence-electron chi connectivity index (χ0n) is 18.0. The van der Waals surface area contributed by atoms with Gasteiger partial charge in [0.2, 0.25) is 0 Å². The van der Waals surface area contributed by atoms with Gasteiger partial charge < -0.3 is 9.68 Å². The predicted octanol–water partition coefficient (Wildman–Crippen LogP) is 4.42. The zero-order valence-corrected chi connectivity index (χ0v) is 18.0. The van der Waals surface area contributed by atoms with Gasteiger partial charge in [-0.05, 0) is 88.0 Å². The van der Waals surface area contributed by atoms with Gasteiger partial charge in [-0.25, -0.2) is 0 Å². The molecule has 0 atom stereocenters. The number of aryl methyl sites for hydroxylation is 4. The summed E-state index contributed by atoms with van der Waals surface area (Å²) >= 11 is 0. The van der Waals surface area contributed by atoms with Crippen LogP contribution >= 0.6 is 0 Å². The predicted molar refractivity (Wildman–Crippen MR) is 118 cm³/mol. The van der Waals surface area contributed by atoms with Gasteiger partial charge in [-0.1, -0.05) is 22.4 Å². The van der Waals surface area contributed by atoms with Crippen LogP contribution in [0.5, 0.6) is 0 Å². The van der Waals surface area contributed by atoms with Crippen LogP contribution in [0, 0.1) is 0 Å². The summed E-state index contributed by atoms with van der Waals surface area (Å²) in [6.07, 6.45) is 9.65. The number of aromatic nitrogens is 2. The zero-order chi connectivity index (χ0) is 20.8. The highest BCUT2D eigenvalue weighted by Gasteiger charge is 2.21. The number of nitrogens with zero attached hydrogens (tertiary/aromatic N) is 4. The van der Waals surface area contributed by atoms with Crippen LogP contribution in [0.4, 0.5) is 0 Å². The molecular weight excluding hydrogens is 376 g/mol. The first kappa shape index (κ1) is 20.5. The van der Waals surface area contributed by atoms with E-state index in [-0.39, 0.29) is 0 Å². The highest BCUT2D eigenvalue weighted by atomic mass is 16.6.